The highest BCUT2D eigenvalue weighted by atomic mass is 16.6. The molecule has 1 unspecified atom stereocenters. The van der Waals surface area contributed by atoms with Crippen LogP contribution in [0.4, 0.5) is 0 Å². The third kappa shape index (κ3) is 49.9. The number of hydrogen-bond acceptors (Lipinski definition) is 6. The standard InChI is InChI=1S/C58H100O6/c1-4-7-10-13-16-19-22-24-26-28-29-31-32-34-36-39-42-45-48-51-57(60)63-54-55(53-62-56(59)50-47-44-41-38-21-18-15-12-9-6-3)64-58(61)52-49-46-43-40-37-35-33-30-27-25-23-20-17-14-11-8-5-2/h7,10,15-16,18-19,24,26,29,31,34,36,55H,4-6,8-9,11-14,17,20-23,25,27-28,30,32-33,35,37-54H2,1-3H3/b10-7-,18-15-,19-16-,26-24-,31-29-,36-34-. The summed E-state index contributed by atoms with van der Waals surface area (Å²) in [4.78, 5) is 38.0. The van der Waals surface area contributed by atoms with Gasteiger partial charge in [-0.25, -0.2) is 0 Å². The summed E-state index contributed by atoms with van der Waals surface area (Å²) in [6, 6.07) is 0. The van der Waals surface area contributed by atoms with Gasteiger partial charge in [0.25, 0.3) is 0 Å². The molecular weight excluding hydrogens is 793 g/mol. The van der Waals surface area contributed by atoms with Gasteiger partial charge < -0.3 is 14.2 Å². The maximum Gasteiger partial charge on any atom is 0.306 e. The molecule has 368 valence electrons. The average molecular weight is 893 g/mol. The fourth-order valence-corrected chi connectivity index (χ4v) is 7.39. The second-order valence-electron chi connectivity index (χ2n) is 17.8. The molecule has 0 aliphatic rings. The molecule has 0 aromatic carbocycles. The lowest BCUT2D eigenvalue weighted by Crippen LogP contribution is -2.30. The van der Waals surface area contributed by atoms with Gasteiger partial charge in [-0.15, -0.1) is 0 Å². The highest BCUT2D eigenvalue weighted by molar-refractivity contribution is 5.71. The number of rotatable bonds is 48. The van der Waals surface area contributed by atoms with Crippen molar-refractivity contribution < 1.29 is 28.6 Å². The Balaban J connectivity index is 4.39. The van der Waals surface area contributed by atoms with Crippen molar-refractivity contribution in [3.8, 4) is 0 Å². The van der Waals surface area contributed by atoms with Gasteiger partial charge in [0.05, 0.1) is 0 Å². The molecule has 0 amide bonds. The van der Waals surface area contributed by atoms with Crippen LogP contribution in [-0.2, 0) is 28.6 Å². The van der Waals surface area contributed by atoms with E-state index >= 15 is 0 Å². The van der Waals surface area contributed by atoms with Crippen LogP contribution in [0.1, 0.15) is 258 Å². The number of allylic oxidation sites excluding steroid dienone is 12. The van der Waals surface area contributed by atoms with Crippen LogP contribution in [0.5, 0.6) is 0 Å². The summed E-state index contributed by atoms with van der Waals surface area (Å²) in [5.41, 5.74) is 0. The van der Waals surface area contributed by atoms with Crippen LogP contribution in [0.15, 0.2) is 72.9 Å². The molecule has 0 saturated carbocycles. The molecule has 64 heavy (non-hydrogen) atoms. The summed E-state index contributed by atoms with van der Waals surface area (Å²) >= 11 is 0. The van der Waals surface area contributed by atoms with Crippen LogP contribution in [0.2, 0.25) is 0 Å². The van der Waals surface area contributed by atoms with Crippen molar-refractivity contribution >= 4 is 17.9 Å². The van der Waals surface area contributed by atoms with Crippen LogP contribution < -0.4 is 0 Å². The SMILES string of the molecule is CC/C=C\C/C=C\C/C=C\C/C=C\C/C=C\CCCCCC(=O)OCC(COC(=O)CCCCCC/C=C\CCCC)OC(=O)CCCCCCCCCCCCCCCCCCC. The highest BCUT2D eigenvalue weighted by Crippen LogP contribution is 2.15. The van der Waals surface area contributed by atoms with E-state index in [9.17, 15) is 14.4 Å². The molecule has 0 aromatic rings. The Morgan fingerprint density at radius 2 is 0.625 bits per heavy atom. The highest BCUT2D eigenvalue weighted by Gasteiger charge is 2.19. The van der Waals surface area contributed by atoms with Crippen LogP contribution in [0.3, 0.4) is 0 Å². The Labute approximate surface area is 395 Å². The zero-order valence-electron chi connectivity index (χ0n) is 42.0. The van der Waals surface area contributed by atoms with Gasteiger partial charge in [0.1, 0.15) is 13.2 Å². The summed E-state index contributed by atoms with van der Waals surface area (Å²) in [5, 5.41) is 0. The summed E-state index contributed by atoms with van der Waals surface area (Å²) in [6.07, 6.45) is 66.1. The molecule has 0 fully saturated rings. The molecular formula is C58H100O6. The van der Waals surface area contributed by atoms with Crippen molar-refractivity contribution in [2.24, 2.45) is 0 Å². The number of unbranched alkanes of at least 4 members (excludes halogenated alkanes) is 25. The van der Waals surface area contributed by atoms with E-state index in [2.05, 4.69) is 93.7 Å². The first-order chi connectivity index (χ1) is 31.5. The van der Waals surface area contributed by atoms with Gasteiger partial charge in [0.15, 0.2) is 6.10 Å². The molecule has 0 aliphatic carbocycles. The molecule has 0 aliphatic heterocycles. The van der Waals surface area contributed by atoms with Gasteiger partial charge in [0.2, 0.25) is 0 Å². The molecule has 6 nitrogen and oxygen atoms in total. The normalized spacial score (nSPS) is 12.6. The lowest BCUT2D eigenvalue weighted by molar-refractivity contribution is -0.167. The van der Waals surface area contributed by atoms with E-state index in [4.69, 9.17) is 14.2 Å². The van der Waals surface area contributed by atoms with Crippen molar-refractivity contribution in [2.45, 2.75) is 264 Å². The Hall–Kier alpha value is -3.15. The summed E-state index contributed by atoms with van der Waals surface area (Å²) < 4.78 is 16.8. The van der Waals surface area contributed by atoms with E-state index < -0.39 is 6.10 Å². The van der Waals surface area contributed by atoms with Gasteiger partial charge in [-0.2, -0.15) is 0 Å². The number of hydrogen-bond donors (Lipinski definition) is 0. The molecule has 0 saturated heterocycles. The largest absolute Gasteiger partial charge is 0.462 e. The summed E-state index contributed by atoms with van der Waals surface area (Å²) in [6.45, 7) is 6.46. The second kappa shape index (κ2) is 52.5. The number of ether oxygens (including phenoxy) is 3. The number of esters is 3. The van der Waals surface area contributed by atoms with E-state index in [1.54, 1.807) is 0 Å². The number of carbonyl (C=O) groups excluding carboxylic acids is 3. The van der Waals surface area contributed by atoms with Gasteiger partial charge in [-0.1, -0.05) is 229 Å². The first-order valence-electron chi connectivity index (χ1n) is 26.9. The van der Waals surface area contributed by atoms with Gasteiger partial charge in [-0.3, -0.25) is 14.4 Å². The topological polar surface area (TPSA) is 78.9 Å². The van der Waals surface area contributed by atoms with E-state index in [1.165, 1.54) is 103 Å². The fraction of sp³-hybridized carbons (Fsp3) is 0.741. The van der Waals surface area contributed by atoms with Gasteiger partial charge in [-0.05, 0) is 83.5 Å². The predicted octanol–water partition coefficient (Wildman–Crippen LogP) is 17.8. The molecule has 6 heteroatoms. The third-order valence-electron chi connectivity index (χ3n) is 11.4. The molecule has 0 heterocycles. The van der Waals surface area contributed by atoms with E-state index in [0.29, 0.717) is 19.3 Å². The third-order valence-corrected chi connectivity index (χ3v) is 11.4. The van der Waals surface area contributed by atoms with E-state index in [1.807, 2.05) is 0 Å². The van der Waals surface area contributed by atoms with Crippen LogP contribution in [0.25, 0.3) is 0 Å². The van der Waals surface area contributed by atoms with E-state index in [-0.39, 0.29) is 31.1 Å². The van der Waals surface area contributed by atoms with Crippen molar-refractivity contribution in [2.75, 3.05) is 13.2 Å². The van der Waals surface area contributed by atoms with Crippen molar-refractivity contribution in [1.29, 1.82) is 0 Å². The molecule has 0 aromatic heterocycles. The Morgan fingerprint density at radius 3 is 1.03 bits per heavy atom. The van der Waals surface area contributed by atoms with Crippen LogP contribution in [0, 0.1) is 0 Å². The first kappa shape index (κ1) is 60.9. The first-order valence-corrected chi connectivity index (χ1v) is 26.9. The second-order valence-corrected chi connectivity index (χ2v) is 17.8. The predicted molar refractivity (Wildman–Crippen MR) is 274 cm³/mol. The van der Waals surface area contributed by atoms with Crippen LogP contribution in [-0.4, -0.2) is 37.2 Å². The minimum absolute atomic E-state index is 0.0906. The molecule has 0 N–H and O–H groups in total. The Kier molecular flexibility index (Phi) is 49.9. The molecule has 0 bridgehead atoms. The van der Waals surface area contributed by atoms with Crippen LogP contribution >= 0.6 is 0 Å². The van der Waals surface area contributed by atoms with Crippen molar-refractivity contribution in [3.05, 3.63) is 72.9 Å². The maximum atomic E-state index is 12.8. The monoisotopic (exact) mass is 893 g/mol. The van der Waals surface area contributed by atoms with Gasteiger partial charge in [0, 0.05) is 19.3 Å². The lowest BCUT2D eigenvalue weighted by Gasteiger charge is -2.18. The maximum absolute atomic E-state index is 12.8. The zero-order chi connectivity index (χ0) is 46.5. The molecule has 0 radical (unpaired) electrons. The Morgan fingerprint density at radius 1 is 0.328 bits per heavy atom. The summed E-state index contributed by atoms with van der Waals surface area (Å²) in [7, 11) is 0. The molecule has 1 atom stereocenters. The number of carbonyl (C=O) groups is 3. The minimum Gasteiger partial charge on any atom is -0.462 e. The zero-order valence-corrected chi connectivity index (χ0v) is 42.0. The van der Waals surface area contributed by atoms with E-state index in [0.717, 1.165) is 116 Å². The molecule has 0 rings (SSSR count). The quantitative estimate of drug-likeness (QED) is 0.0262. The smallest absolute Gasteiger partial charge is 0.306 e. The molecule has 0 spiro atoms. The average Bonchev–Trinajstić information content (AvgIpc) is 3.29. The van der Waals surface area contributed by atoms with Gasteiger partial charge >= 0.3 is 17.9 Å². The Bertz CT molecular complexity index is 1210. The summed E-state index contributed by atoms with van der Waals surface area (Å²) in [5.74, 6) is -0.931. The lowest BCUT2D eigenvalue weighted by atomic mass is 10.0. The fourth-order valence-electron chi connectivity index (χ4n) is 7.39. The van der Waals surface area contributed by atoms with Crippen molar-refractivity contribution in [1.82, 2.24) is 0 Å². The minimum atomic E-state index is -0.791. The van der Waals surface area contributed by atoms with Crippen molar-refractivity contribution in [3.63, 3.8) is 0 Å².